The van der Waals surface area contributed by atoms with Gasteiger partial charge in [-0.15, -0.1) is 11.3 Å². The highest BCUT2D eigenvalue weighted by Gasteiger charge is 2.08. The van der Waals surface area contributed by atoms with E-state index in [1.54, 1.807) is 11.3 Å². The molecule has 0 bridgehead atoms. The largest absolute Gasteiger partial charge is 0.320 e. The van der Waals surface area contributed by atoms with Crippen LogP contribution in [0.5, 0.6) is 0 Å². The Labute approximate surface area is 91.8 Å². The Hall–Kier alpha value is -0.120. The van der Waals surface area contributed by atoms with E-state index in [1.807, 2.05) is 0 Å². The molecule has 0 amide bonds. The number of aryl methyl sites for hydroxylation is 1. The van der Waals surface area contributed by atoms with Gasteiger partial charge in [0.2, 0.25) is 0 Å². The van der Waals surface area contributed by atoms with Crippen LogP contribution in [0.3, 0.4) is 0 Å². The predicted octanol–water partition coefficient (Wildman–Crippen LogP) is 3.79. The second kappa shape index (κ2) is 4.40. The second-order valence-electron chi connectivity index (χ2n) is 3.38. The molecule has 2 N–H and O–H groups in total. The maximum atomic E-state index is 5.99. The molecule has 1 unspecified atom stereocenters. The van der Waals surface area contributed by atoms with Crippen molar-refractivity contribution in [1.82, 2.24) is 0 Å². The highest BCUT2D eigenvalue weighted by Crippen LogP contribution is 2.31. The topological polar surface area (TPSA) is 26.0 Å². The van der Waals surface area contributed by atoms with Gasteiger partial charge < -0.3 is 5.73 Å². The summed E-state index contributed by atoms with van der Waals surface area (Å²) in [5.41, 5.74) is 8.51. The standard InChI is InChI=1S/C10H14BrNS/c1-6(2)4-8(12)9-5-7(3)10(11)13-9/h4-5,8H,12H2,1-3H3. The molecule has 72 valence electrons. The molecule has 13 heavy (non-hydrogen) atoms. The number of hydrogen-bond acceptors (Lipinski definition) is 2. The molecule has 0 saturated carbocycles. The molecule has 0 fully saturated rings. The molecule has 0 spiro atoms. The zero-order chi connectivity index (χ0) is 10.0. The molecule has 1 atom stereocenters. The van der Waals surface area contributed by atoms with Crippen LogP contribution in [0.2, 0.25) is 0 Å². The summed E-state index contributed by atoms with van der Waals surface area (Å²) in [5, 5.41) is 0. The van der Waals surface area contributed by atoms with Crippen LogP contribution in [-0.4, -0.2) is 0 Å². The van der Waals surface area contributed by atoms with Gasteiger partial charge in [0, 0.05) is 4.88 Å². The summed E-state index contributed by atoms with van der Waals surface area (Å²) in [6.07, 6.45) is 2.08. The van der Waals surface area contributed by atoms with Crippen molar-refractivity contribution in [3.8, 4) is 0 Å². The van der Waals surface area contributed by atoms with Crippen LogP contribution in [0, 0.1) is 6.92 Å². The van der Waals surface area contributed by atoms with Crippen molar-refractivity contribution in [2.45, 2.75) is 26.8 Å². The van der Waals surface area contributed by atoms with Gasteiger partial charge in [-0.2, -0.15) is 0 Å². The van der Waals surface area contributed by atoms with E-state index >= 15 is 0 Å². The van der Waals surface area contributed by atoms with Crippen molar-refractivity contribution in [3.05, 3.63) is 31.9 Å². The van der Waals surface area contributed by atoms with Gasteiger partial charge in [-0.05, 0) is 48.3 Å². The number of rotatable bonds is 2. The molecule has 1 heterocycles. The van der Waals surface area contributed by atoms with Gasteiger partial charge in [0.15, 0.2) is 0 Å². The lowest BCUT2D eigenvalue weighted by Crippen LogP contribution is -2.05. The molecule has 0 aliphatic heterocycles. The predicted molar refractivity (Wildman–Crippen MR) is 63.1 cm³/mol. The number of thiophene rings is 1. The average molecular weight is 260 g/mol. The van der Waals surface area contributed by atoms with Crippen molar-refractivity contribution in [1.29, 1.82) is 0 Å². The van der Waals surface area contributed by atoms with Crippen LogP contribution in [0.15, 0.2) is 21.5 Å². The van der Waals surface area contributed by atoms with E-state index in [0.717, 1.165) is 0 Å². The minimum atomic E-state index is 0.0417. The number of nitrogens with two attached hydrogens (primary N) is 1. The summed E-state index contributed by atoms with van der Waals surface area (Å²) in [6.45, 7) is 6.21. The Morgan fingerprint density at radius 2 is 2.23 bits per heavy atom. The third-order valence-electron chi connectivity index (χ3n) is 1.72. The summed E-state index contributed by atoms with van der Waals surface area (Å²) in [5.74, 6) is 0. The molecular formula is C10H14BrNS. The fourth-order valence-electron chi connectivity index (χ4n) is 1.09. The zero-order valence-electron chi connectivity index (χ0n) is 8.10. The number of allylic oxidation sites excluding steroid dienone is 1. The number of hydrogen-bond donors (Lipinski definition) is 1. The van der Waals surface area contributed by atoms with E-state index in [1.165, 1.54) is 19.8 Å². The van der Waals surface area contributed by atoms with Crippen molar-refractivity contribution >= 4 is 27.3 Å². The van der Waals surface area contributed by atoms with Crippen molar-refractivity contribution in [3.63, 3.8) is 0 Å². The smallest absolute Gasteiger partial charge is 0.0731 e. The average Bonchev–Trinajstić information content (AvgIpc) is 2.31. The summed E-state index contributed by atoms with van der Waals surface area (Å²) in [6, 6.07) is 2.18. The lowest BCUT2D eigenvalue weighted by molar-refractivity contribution is 0.922. The van der Waals surface area contributed by atoms with Crippen molar-refractivity contribution < 1.29 is 0 Å². The lowest BCUT2D eigenvalue weighted by Gasteiger charge is -2.03. The molecule has 1 aromatic heterocycles. The highest BCUT2D eigenvalue weighted by molar-refractivity contribution is 9.11. The zero-order valence-corrected chi connectivity index (χ0v) is 10.5. The third kappa shape index (κ3) is 2.93. The van der Waals surface area contributed by atoms with E-state index in [4.69, 9.17) is 5.73 Å². The summed E-state index contributed by atoms with van der Waals surface area (Å²) < 4.78 is 1.18. The fourth-order valence-corrected chi connectivity index (χ4v) is 2.63. The quantitative estimate of drug-likeness (QED) is 0.804. The second-order valence-corrected chi connectivity index (χ2v) is 5.78. The van der Waals surface area contributed by atoms with E-state index in [2.05, 4.69) is 48.8 Å². The molecule has 1 rings (SSSR count). The number of halogens is 1. The SMILES string of the molecule is CC(C)=CC(N)c1cc(C)c(Br)s1. The molecule has 0 aliphatic rings. The fraction of sp³-hybridized carbons (Fsp3) is 0.400. The molecular weight excluding hydrogens is 246 g/mol. The van der Waals surface area contributed by atoms with Gasteiger partial charge >= 0.3 is 0 Å². The maximum absolute atomic E-state index is 5.99. The molecule has 3 heteroatoms. The van der Waals surface area contributed by atoms with Gasteiger partial charge in [-0.3, -0.25) is 0 Å². The molecule has 0 saturated heterocycles. The van der Waals surface area contributed by atoms with Crippen LogP contribution in [-0.2, 0) is 0 Å². The molecule has 0 aromatic carbocycles. The van der Waals surface area contributed by atoms with E-state index in [9.17, 15) is 0 Å². The lowest BCUT2D eigenvalue weighted by atomic mass is 10.2. The van der Waals surface area contributed by atoms with Crippen LogP contribution in [0.4, 0.5) is 0 Å². The van der Waals surface area contributed by atoms with Gasteiger partial charge in [0.25, 0.3) is 0 Å². The van der Waals surface area contributed by atoms with Crippen LogP contribution < -0.4 is 5.73 Å². The Balaban J connectivity index is 2.89. The monoisotopic (exact) mass is 259 g/mol. The van der Waals surface area contributed by atoms with Crippen LogP contribution in [0.1, 0.15) is 30.3 Å². The highest BCUT2D eigenvalue weighted by atomic mass is 79.9. The minimum Gasteiger partial charge on any atom is -0.320 e. The Bertz CT molecular complexity index is 304. The molecule has 1 nitrogen and oxygen atoms in total. The van der Waals surface area contributed by atoms with Gasteiger partial charge in [-0.1, -0.05) is 11.6 Å². The van der Waals surface area contributed by atoms with E-state index in [0.29, 0.717) is 0 Å². The normalized spacial score (nSPS) is 12.7. The first kappa shape index (κ1) is 11.0. The first-order chi connectivity index (χ1) is 6.00. The molecule has 1 aromatic rings. The Kier molecular flexibility index (Phi) is 3.71. The summed E-state index contributed by atoms with van der Waals surface area (Å²) in [7, 11) is 0. The Morgan fingerprint density at radius 1 is 1.62 bits per heavy atom. The molecule has 0 radical (unpaired) electrons. The maximum Gasteiger partial charge on any atom is 0.0731 e. The van der Waals surface area contributed by atoms with Crippen LogP contribution >= 0.6 is 27.3 Å². The van der Waals surface area contributed by atoms with Gasteiger partial charge in [0.1, 0.15) is 0 Å². The summed E-state index contributed by atoms with van der Waals surface area (Å²) in [4.78, 5) is 1.21. The van der Waals surface area contributed by atoms with Crippen molar-refractivity contribution in [2.75, 3.05) is 0 Å². The third-order valence-corrected chi connectivity index (χ3v) is 3.96. The van der Waals surface area contributed by atoms with Gasteiger partial charge in [0.05, 0.1) is 9.83 Å². The Morgan fingerprint density at radius 3 is 2.62 bits per heavy atom. The summed E-state index contributed by atoms with van der Waals surface area (Å²) >= 11 is 5.20. The van der Waals surface area contributed by atoms with E-state index < -0.39 is 0 Å². The molecule has 0 aliphatic carbocycles. The first-order valence-corrected chi connectivity index (χ1v) is 5.78. The first-order valence-electron chi connectivity index (χ1n) is 4.17. The van der Waals surface area contributed by atoms with Crippen LogP contribution in [0.25, 0.3) is 0 Å². The minimum absolute atomic E-state index is 0.0417. The van der Waals surface area contributed by atoms with Crippen molar-refractivity contribution in [2.24, 2.45) is 5.73 Å². The van der Waals surface area contributed by atoms with Gasteiger partial charge in [-0.25, -0.2) is 0 Å². The van der Waals surface area contributed by atoms with E-state index in [-0.39, 0.29) is 6.04 Å².